The van der Waals surface area contributed by atoms with Crippen molar-refractivity contribution in [3.8, 4) is 5.75 Å². The topological polar surface area (TPSA) is 45.7 Å². The summed E-state index contributed by atoms with van der Waals surface area (Å²) in [5.74, 6) is 1.73. The molecule has 0 aromatic heterocycles. The molecule has 4 nitrogen and oxygen atoms in total. The van der Waals surface area contributed by atoms with Crippen LogP contribution >= 0.6 is 24.0 Å². The number of rotatable bonds is 4. The standard InChI is InChI=1S/C15H25N3O.HI/c1-15(2,3)12-8-6-7-9-13(12)19-11-10-18-14(16-4)17-5;/h6-9H,10-11H2,1-5H3,(H2,16,17,18);1H. The Hall–Kier alpha value is -0.980. The van der Waals surface area contributed by atoms with Crippen molar-refractivity contribution in [3.63, 3.8) is 0 Å². The van der Waals surface area contributed by atoms with Crippen LogP contribution in [0.15, 0.2) is 29.3 Å². The van der Waals surface area contributed by atoms with Gasteiger partial charge < -0.3 is 15.4 Å². The first-order valence-corrected chi connectivity index (χ1v) is 6.59. The molecule has 0 unspecified atom stereocenters. The van der Waals surface area contributed by atoms with Crippen LogP contribution in [0.1, 0.15) is 26.3 Å². The molecule has 0 spiro atoms. The first-order chi connectivity index (χ1) is 8.99. The van der Waals surface area contributed by atoms with Gasteiger partial charge in [-0.2, -0.15) is 0 Å². The monoisotopic (exact) mass is 391 g/mol. The third kappa shape index (κ3) is 5.98. The fraction of sp³-hybridized carbons (Fsp3) is 0.533. The van der Waals surface area contributed by atoms with Gasteiger partial charge in [0.1, 0.15) is 12.4 Å². The molecule has 0 aliphatic carbocycles. The molecule has 0 saturated carbocycles. The van der Waals surface area contributed by atoms with Crippen LogP contribution in [0, 0.1) is 0 Å². The van der Waals surface area contributed by atoms with Crippen LogP contribution in [-0.4, -0.2) is 33.2 Å². The number of hydrogen-bond donors (Lipinski definition) is 2. The summed E-state index contributed by atoms with van der Waals surface area (Å²) >= 11 is 0. The molecule has 5 heteroatoms. The van der Waals surface area contributed by atoms with Gasteiger partial charge in [0, 0.05) is 14.1 Å². The zero-order valence-electron chi connectivity index (χ0n) is 13.0. The van der Waals surface area contributed by atoms with E-state index in [1.807, 2.05) is 19.2 Å². The van der Waals surface area contributed by atoms with Crippen molar-refractivity contribution < 1.29 is 4.74 Å². The quantitative estimate of drug-likeness (QED) is 0.359. The highest BCUT2D eigenvalue weighted by Crippen LogP contribution is 2.30. The van der Waals surface area contributed by atoms with E-state index in [9.17, 15) is 0 Å². The molecule has 0 aliphatic rings. The van der Waals surface area contributed by atoms with Gasteiger partial charge in [-0.25, -0.2) is 0 Å². The Labute approximate surface area is 139 Å². The van der Waals surface area contributed by atoms with Gasteiger partial charge in [-0.15, -0.1) is 24.0 Å². The van der Waals surface area contributed by atoms with Crippen LogP contribution in [0.2, 0.25) is 0 Å². The molecule has 0 saturated heterocycles. The molecule has 1 aromatic carbocycles. The summed E-state index contributed by atoms with van der Waals surface area (Å²) in [5.41, 5.74) is 1.32. The summed E-state index contributed by atoms with van der Waals surface area (Å²) in [4.78, 5) is 4.05. The zero-order valence-corrected chi connectivity index (χ0v) is 15.3. The Bertz CT molecular complexity index is 427. The van der Waals surface area contributed by atoms with Crippen molar-refractivity contribution in [1.82, 2.24) is 10.6 Å². The van der Waals surface area contributed by atoms with Gasteiger partial charge in [-0.1, -0.05) is 39.0 Å². The van der Waals surface area contributed by atoms with Gasteiger partial charge in [0.2, 0.25) is 0 Å². The smallest absolute Gasteiger partial charge is 0.190 e. The normalized spacial score (nSPS) is 11.6. The van der Waals surface area contributed by atoms with E-state index >= 15 is 0 Å². The van der Waals surface area contributed by atoms with Crippen molar-refractivity contribution >= 4 is 29.9 Å². The van der Waals surface area contributed by atoms with Gasteiger partial charge >= 0.3 is 0 Å². The number of halogens is 1. The van der Waals surface area contributed by atoms with E-state index in [0.29, 0.717) is 13.2 Å². The van der Waals surface area contributed by atoms with Crippen LogP contribution < -0.4 is 15.4 Å². The first kappa shape index (κ1) is 19.0. The second-order valence-corrected chi connectivity index (χ2v) is 5.34. The maximum Gasteiger partial charge on any atom is 0.190 e. The van der Waals surface area contributed by atoms with Crippen molar-refractivity contribution in [1.29, 1.82) is 0 Å². The zero-order chi connectivity index (χ0) is 14.3. The SMILES string of the molecule is CN=C(NC)NCCOc1ccccc1C(C)(C)C.I. The van der Waals surface area contributed by atoms with Crippen LogP contribution in [0.4, 0.5) is 0 Å². The molecule has 1 aromatic rings. The van der Waals surface area contributed by atoms with Crippen LogP contribution in [0.5, 0.6) is 5.75 Å². The molecule has 0 atom stereocenters. The molecule has 2 N–H and O–H groups in total. The minimum absolute atomic E-state index is 0. The number of guanidine groups is 1. The molecule has 0 radical (unpaired) electrons. The van der Waals surface area contributed by atoms with E-state index in [-0.39, 0.29) is 29.4 Å². The average Bonchev–Trinajstić information content (AvgIpc) is 2.38. The van der Waals surface area contributed by atoms with Gasteiger partial charge in [0.05, 0.1) is 6.54 Å². The number of hydrogen-bond acceptors (Lipinski definition) is 2. The van der Waals surface area contributed by atoms with Crippen molar-refractivity contribution in [2.24, 2.45) is 4.99 Å². The highest BCUT2D eigenvalue weighted by atomic mass is 127. The van der Waals surface area contributed by atoms with Gasteiger partial charge in [0.25, 0.3) is 0 Å². The molecule has 0 heterocycles. The molecule has 0 bridgehead atoms. The predicted molar refractivity (Wildman–Crippen MR) is 96.5 cm³/mol. The number of para-hydroxylation sites is 1. The van der Waals surface area contributed by atoms with Crippen LogP contribution in [-0.2, 0) is 5.41 Å². The highest BCUT2D eigenvalue weighted by molar-refractivity contribution is 14.0. The second kappa shape index (κ2) is 9.05. The maximum atomic E-state index is 5.86. The lowest BCUT2D eigenvalue weighted by molar-refractivity contribution is 0.313. The number of nitrogens with one attached hydrogen (secondary N) is 2. The largest absolute Gasteiger partial charge is 0.491 e. The van der Waals surface area contributed by atoms with E-state index in [4.69, 9.17) is 4.74 Å². The van der Waals surface area contributed by atoms with Crippen molar-refractivity contribution in [3.05, 3.63) is 29.8 Å². The summed E-state index contributed by atoms with van der Waals surface area (Å²) in [5, 5.41) is 6.13. The number of nitrogens with zero attached hydrogens (tertiary/aromatic N) is 1. The molecule has 0 aliphatic heterocycles. The molecule has 20 heavy (non-hydrogen) atoms. The van der Waals surface area contributed by atoms with E-state index < -0.39 is 0 Å². The predicted octanol–water partition coefficient (Wildman–Crippen LogP) is 2.78. The van der Waals surface area contributed by atoms with Gasteiger partial charge in [-0.3, -0.25) is 4.99 Å². The Morgan fingerprint density at radius 2 is 1.90 bits per heavy atom. The molecule has 0 amide bonds. The fourth-order valence-corrected chi connectivity index (χ4v) is 1.82. The van der Waals surface area contributed by atoms with E-state index in [2.05, 4.69) is 48.5 Å². The van der Waals surface area contributed by atoms with E-state index in [0.717, 1.165) is 11.7 Å². The van der Waals surface area contributed by atoms with Crippen LogP contribution in [0.3, 0.4) is 0 Å². The number of ether oxygens (including phenoxy) is 1. The van der Waals surface area contributed by atoms with Gasteiger partial charge in [-0.05, 0) is 17.0 Å². The lowest BCUT2D eigenvalue weighted by Gasteiger charge is -2.22. The Morgan fingerprint density at radius 1 is 1.25 bits per heavy atom. The van der Waals surface area contributed by atoms with E-state index in [1.54, 1.807) is 7.05 Å². The Morgan fingerprint density at radius 3 is 2.45 bits per heavy atom. The molecule has 1 rings (SSSR count). The average molecular weight is 391 g/mol. The fourth-order valence-electron chi connectivity index (χ4n) is 1.82. The highest BCUT2D eigenvalue weighted by Gasteiger charge is 2.18. The van der Waals surface area contributed by atoms with Crippen LogP contribution in [0.25, 0.3) is 0 Å². The van der Waals surface area contributed by atoms with Gasteiger partial charge in [0.15, 0.2) is 5.96 Å². The summed E-state index contributed by atoms with van der Waals surface area (Å²) in [7, 11) is 3.58. The Balaban J connectivity index is 0.00000361. The third-order valence-electron chi connectivity index (χ3n) is 2.81. The van der Waals surface area contributed by atoms with Crippen molar-refractivity contribution in [2.75, 3.05) is 27.2 Å². The number of aliphatic imine (C=N–C) groups is 1. The molecular formula is C15H26IN3O. The summed E-state index contributed by atoms with van der Waals surface area (Å²) in [6, 6.07) is 8.20. The molecule has 114 valence electrons. The summed E-state index contributed by atoms with van der Waals surface area (Å²) in [6.45, 7) is 7.89. The maximum absolute atomic E-state index is 5.86. The summed E-state index contributed by atoms with van der Waals surface area (Å²) in [6.07, 6.45) is 0. The molecule has 0 fully saturated rings. The van der Waals surface area contributed by atoms with E-state index in [1.165, 1.54) is 5.56 Å². The lowest BCUT2D eigenvalue weighted by Crippen LogP contribution is -2.37. The lowest BCUT2D eigenvalue weighted by atomic mass is 9.86. The summed E-state index contributed by atoms with van der Waals surface area (Å²) < 4.78 is 5.86. The number of benzene rings is 1. The van der Waals surface area contributed by atoms with Crippen molar-refractivity contribution in [2.45, 2.75) is 26.2 Å². The first-order valence-electron chi connectivity index (χ1n) is 6.59. The minimum Gasteiger partial charge on any atom is -0.491 e. The minimum atomic E-state index is 0. The Kier molecular flexibility index (Phi) is 8.60. The molecular weight excluding hydrogens is 365 g/mol. The second-order valence-electron chi connectivity index (χ2n) is 5.34. The third-order valence-corrected chi connectivity index (χ3v) is 2.81.